The third-order valence-corrected chi connectivity index (χ3v) is 4.41. The number of hydrogen-bond acceptors (Lipinski definition) is 8. The molecule has 2 aromatic rings. The highest BCUT2D eigenvalue weighted by molar-refractivity contribution is 7.98. The second-order valence-electron chi connectivity index (χ2n) is 6.19. The second-order valence-corrected chi connectivity index (χ2v) is 7.30. The lowest BCUT2D eigenvalue weighted by Gasteiger charge is -2.07. The van der Waals surface area contributed by atoms with Crippen molar-refractivity contribution >= 4 is 18.0 Å². The van der Waals surface area contributed by atoms with Crippen molar-refractivity contribution in [2.45, 2.75) is 12.3 Å². The molecule has 0 fully saturated rings. The van der Waals surface area contributed by atoms with Crippen molar-refractivity contribution in [1.82, 2.24) is 15.6 Å². The van der Waals surface area contributed by atoms with Gasteiger partial charge in [0.25, 0.3) is 6.20 Å². The fourth-order valence-corrected chi connectivity index (χ4v) is 3.01. The van der Waals surface area contributed by atoms with Crippen molar-refractivity contribution in [2.75, 3.05) is 26.4 Å². The first-order chi connectivity index (χ1) is 13.5. The molecule has 1 aromatic carbocycles. The molecule has 1 heterocycles. The molecular formula is C19H25N5O3S. The standard InChI is InChI=1S/C19H25N5O3S/c1-23(2)13-17-8-9-18(27-17)15-28-11-10-20-19(14-24(25)26)22-21-12-16-6-4-3-5-7-16/h3-9,12,14,20,22H,10-11,13,15H2,1-2H3/b19-14-,21-12+. The SMILES string of the molecule is CN(C)Cc1ccc(CSCCN/C(=C/[N+](=O)[O-])N/N=C/c2ccccc2)o1. The Balaban J connectivity index is 1.72. The molecule has 0 atom stereocenters. The minimum atomic E-state index is -0.518. The van der Waals surface area contributed by atoms with E-state index in [1.807, 2.05) is 56.6 Å². The molecule has 0 bridgehead atoms. The van der Waals surface area contributed by atoms with Crippen molar-refractivity contribution in [3.8, 4) is 0 Å². The summed E-state index contributed by atoms with van der Waals surface area (Å²) in [4.78, 5) is 12.3. The van der Waals surface area contributed by atoms with E-state index in [0.717, 1.165) is 41.3 Å². The number of thioether (sulfide) groups is 1. The molecule has 1 aromatic heterocycles. The van der Waals surface area contributed by atoms with Gasteiger partial charge >= 0.3 is 0 Å². The Labute approximate surface area is 168 Å². The van der Waals surface area contributed by atoms with Gasteiger partial charge in [0.1, 0.15) is 11.5 Å². The first-order valence-corrected chi connectivity index (χ1v) is 9.92. The number of hydrazone groups is 1. The van der Waals surface area contributed by atoms with Gasteiger partial charge < -0.3 is 14.6 Å². The molecule has 2 rings (SSSR count). The van der Waals surface area contributed by atoms with Crippen LogP contribution in [0, 0.1) is 10.1 Å². The van der Waals surface area contributed by atoms with Crippen LogP contribution in [0.4, 0.5) is 0 Å². The maximum absolute atomic E-state index is 10.8. The predicted molar refractivity (Wildman–Crippen MR) is 113 cm³/mol. The van der Waals surface area contributed by atoms with Crippen molar-refractivity contribution in [3.05, 3.63) is 81.7 Å². The molecule has 0 aliphatic heterocycles. The third-order valence-electron chi connectivity index (χ3n) is 3.43. The summed E-state index contributed by atoms with van der Waals surface area (Å²) in [5, 5.41) is 17.8. The third kappa shape index (κ3) is 8.74. The molecule has 0 aliphatic rings. The molecule has 0 aliphatic carbocycles. The van der Waals surface area contributed by atoms with E-state index >= 15 is 0 Å². The molecule has 8 nitrogen and oxygen atoms in total. The van der Waals surface area contributed by atoms with Gasteiger partial charge in [-0.2, -0.15) is 16.9 Å². The molecule has 150 valence electrons. The molecule has 0 unspecified atom stereocenters. The Hall–Kier alpha value is -2.78. The van der Waals surface area contributed by atoms with E-state index in [9.17, 15) is 10.1 Å². The first-order valence-electron chi connectivity index (χ1n) is 8.76. The van der Waals surface area contributed by atoms with Gasteiger partial charge in [-0.3, -0.25) is 15.5 Å². The van der Waals surface area contributed by atoms with Gasteiger partial charge in [0.15, 0.2) is 5.82 Å². The van der Waals surface area contributed by atoms with Crippen LogP contribution in [0.2, 0.25) is 0 Å². The number of furan rings is 1. The molecule has 0 saturated carbocycles. The molecule has 0 amide bonds. The van der Waals surface area contributed by atoms with Gasteiger partial charge in [-0.25, -0.2) is 0 Å². The summed E-state index contributed by atoms with van der Waals surface area (Å²) in [6.45, 7) is 1.33. The molecule has 28 heavy (non-hydrogen) atoms. The summed E-state index contributed by atoms with van der Waals surface area (Å²) in [6.07, 6.45) is 2.47. The van der Waals surface area contributed by atoms with Crippen LogP contribution in [0.5, 0.6) is 0 Å². The van der Waals surface area contributed by atoms with Crippen molar-refractivity contribution < 1.29 is 9.34 Å². The van der Waals surface area contributed by atoms with Gasteiger partial charge in [-0.05, 0) is 31.8 Å². The molecule has 9 heteroatoms. The Morgan fingerprint density at radius 2 is 2.00 bits per heavy atom. The summed E-state index contributed by atoms with van der Waals surface area (Å²) in [5.74, 6) is 3.62. The second kappa shape index (κ2) is 11.8. The summed E-state index contributed by atoms with van der Waals surface area (Å²) in [6, 6.07) is 13.5. The molecule has 0 radical (unpaired) electrons. The number of hydrogen-bond donors (Lipinski definition) is 2. The maximum Gasteiger partial charge on any atom is 0.275 e. The van der Waals surface area contributed by atoms with Gasteiger partial charge in [0.05, 0.1) is 23.4 Å². The highest BCUT2D eigenvalue weighted by Crippen LogP contribution is 2.16. The lowest BCUT2D eigenvalue weighted by Crippen LogP contribution is -2.26. The van der Waals surface area contributed by atoms with Crippen LogP contribution in [-0.4, -0.2) is 42.4 Å². The Morgan fingerprint density at radius 1 is 1.25 bits per heavy atom. The van der Waals surface area contributed by atoms with Crippen LogP contribution in [0.25, 0.3) is 0 Å². The summed E-state index contributed by atoms with van der Waals surface area (Å²) >= 11 is 1.69. The van der Waals surface area contributed by atoms with Gasteiger partial charge in [-0.15, -0.1) is 0 Å². The lowest BCUT2D eigenvalue weighted by molar-refractivity contribution is -0.404. The zero-order valence-electron chi connectivity index (χ0n) is 16.0. The monoisotopic (exact) mass is 403 g/mol. The number of nitro groups is 1. The number of nitrogens with zero attached hydrogens (tertiary/aromatic N) is 3. The van der Waals surface area contributed by atoms with Crippen LogP contribution in [-0.2, 0) is 12.3 Å². The van der Waals surface area contributed by atoms with E-state index in [2.05, 4.69) is 20.7 Å². The Kier molecular flexibility index (Phi) is 9.09. The van der Waals surface area contributed by atoms with Gasteiger partial charge in [-0.1, -0.05) is 30.3 Å². The average Bonchev–Trinajstić information content (AvgIpc) is 3.08. The van der Waals surface area contributed by atoms with Crippen molar-refractivity contribution in [1.29, 1.82) is 0 Å². The van der Waals surface area contributed by atoms with Crippen molar-refractivity contribution in [2.24, 2.45) is 5.10 Å². The predicted octanol–water partition coefficient (Wildman–Crippen LogP) is 2.86. The quantitative estimate of drug-likeness (QED) is 0.243. The van der Waals surface area contributed by atoms with E-state index < -0.39 is 4.92 Å². The fourth-order valence-electron chi connectivity index (χ4n) is 2.26. The van der Waals surface area contributed by atoms with E-state index in [1.54, 1.807) is 18.0 Å². The van der Waals surface area contributed by atoms with Crippen LogP contribution in [0.1, 0.15) is 17.1 Å². The molecule has 0 spiro atoms. The molecule has 0 saturated heterocycles. The highest BCUT2D eigenvalue weighted by Gasteiger charge is 2.04. The van der Waals surface area contributed by atoms with Crippen LogP contribution in [0.3, 0.4) is 0 Å². The van der Waals surface area contributed by atoms with Crippen LogP contribution < -0.4 is 10.7 Å². The molecular weight excluding hydrogens is 378 g/mol. The van der Waals surface area contributed by atoms with E-state index in [1.165, 1.54) is 0 Å². The Bertz CT molecular complexity index is 790. The average molecular weight is 404 g/mol. The smallest absolute Gasteiger partial charge is 0.275 e. The van der Waals surface area contributed by atoms with E-state index in [0.29, 0.717) is 6.54 Å². The normalized spacial score (nSPS) is 11.9. The van der Waals surface area contributed by atoms with E-state index in [4.69, 9.17) is 4.42 Å². The first kappa shape index (κ1) is 21.5. The fraction of sp³-hybridized carbons (Fsp3) is 0.316. The number of nitrogens with one attached hydrogen (secondary N) is 2. The minimum absolute atomic E-state index is 0.240. The largest absolute Gasteiger partial charge is 0.464 e. The van der Waals surface area contributed by atoms with Crippen molar-refractivity contribution in [3.63, 3.8) is 0 Å². The zero-order valence-corrected chi connectivity index (χ0v) is 16.8. The Morgan fingerprint density at radius 3 is 2.71 bits per heavy atom. The summed E-state index contributed by atoms with van der Waals surface area (Å²) in [7, 11) is 3.99. The van der Waals surface area contributed by atoms with Crippen LogP contribution >= 0.6 is 11.8 Å². The maximum atomic E-state index is 10.8. The number of rotatable bonds is 12. The van der Waals surface area contributed by atoms with Gasteiger partial charge in [0.2, 0.25) is 0 Å². The van der Waals surface area contributed by atoms with Gasteiger partial charge in [0, 0.05) is 12.3 Å². The lowest BCUT2D eigenvalue weighted by atomic mass is 10.2. The van der Waals surface area contributed by atoms with Crippen LogP contribution in [0.15, 0.2) is 64.0 Å². The zero-order chi connectivity index (χ0) is 20.2. The summed E-state index contributed by atoms with van der Waals surface area (Å²) in [5.41, 5.74) is 3.58. The topological polar surface area (TPSA) is 95.9 Å². The van der Waals surface area contributed by atoms with E-state index in [-0.39, 0.29) is 5.82 Å². The minimum Gasteiger partial charge on any atom is -0.464 e. The number of benzene rings is 1. The summed E-state index contributed by atoms with van der Waals surface area (Å²) < 4.78 is 5.75. The highest BCUT2D eigenvalue weighted by atomic mass is 32.2. The molecule has 2 N–H and O–H groups in total.